The highest BCUT2D eigenvalue weighted by Crippen LogP contribution is 2.37. The normalized spacial score (nSPS) is 18.6. The lowest BCUT2D eigenvalue weighted by molar-refractivity contribution is 0.446. The first kappa shape index (κ1) is 12.2. The summed E-state index contributed by atoms with van der Waals surface area (Å²) < 4.78 is 3.31. The molecule has 0 radical (unpaired) electrons. The Morgan fingerprint density at radius 1 is 1.33 bits per heavy atom. The Hall–Kier alpha value is -0.800. The minimum Gasteiger partial charge on any atom is -0.350 e. The van der Waals surface area contributed by atoms with E-state index in [1.807, 2.05) is 0 Å². The van der Waals surface area contributed by atoms with E-state index in [0.717, 1.165) is 4.47 Å². The van der Waals surface area contributed by atoms with Crippen LogP contribution >= 0.6 is 15.9 Å². The van der Waals surface area contributed by atoms with Crippen molar-refractivity contribution in [3.05, 3.63) is 34.4 Å². The van der Waals surface area contributed by atoms with Gasteiger partial charge in [0.15, 0.2) is 0 Å². The van der Waals surface area contributed by atoms with Crippen molar-refractivity contribution < 1.29 is 0 Å². The Morgan fingerprint density at radius 2 is 2.06 bits per heavy atom. The van der Waals surface area contributed by atoms with Crippen molar-refractivity contribution in [3.8, 4) is 0 Å². The SMILES string of the molecule is Cn1cc(C(N)C2CCCC2)c2cc(Br)ccc21. The number of nitrogens with zero attached hydrogens (tertiary/aromatic N) is 1. The third-order valence-corrected chi connectivity index (χ3v) is 4.74. The average Bonchev–Trinajstić information content (AvgIpc) is 2.97. The topological polar surface area (TPSA) is 30.9 Å². The Labute approximate surface area is 116 Å². The lowest BCUT2D eigenvalue weighted by Crippen LogP contribution is -2.18. The number of hydrogen-bond acceptors (Lipinski definition) is 1. The molecule has 1 saturated carbocycles. The minimum absolute atomic E-state index is 0.186. The van der Waals surface area contributed by atoms with E-state index < -0.39 is 0 Å². The van der Waals surface area contributed by atoms with Crippen molar-refractivity contribution in [1.29, 1.82) is 0 Å². The van der Waals surface area contributed by atoms with Gasteiger partial charge in [0.25, 0.3) is 0 Å². The second-order valence-corrected chi connectivity index (χ2v) is 6.34. The summed E-state index contributed by atoms with van der Waals surface area (Å²) in [5, 5.41) is 1.30. The molecule has 2 aromatic rings. The van der Waals surface area contributed by atoms with Gasteiger partial charge in [-0.1, -0.05) is 28.8 Å². The molecule has 1 aromatic heterocycles. The monoisotopic (exact) mass is 306 g/mol. The van der Waals surface area contributed by atoms with E-state index in [1.165, 1.54) is 42.1 Å². The molecule has 1 atom stereocenters. The van der Waals surface area contributed by atoms with E-state index in [-0.39, 0.29) is 6.04 Å². The molecular formula is C15H19BrN2. The number of fused-ring (bicyclic) bond motifs is 1. The van der Waals surface area contributed by atoms with Crippen molar-refractivity contribution in [2.45, 2.75) is 31.7 Å². The van der Waals surface area contributed by atoms with Crippen molar-refractivity contribution in [1.82, 2.24) is 4.57 Å². The highest BCUT2D eigenvalue weighted by atomic mass is 79.9. The summed E-state index contributed by atoms with van der Waals surface area (Å²) in [6.07, 6.45) is 7.46. The summed E-state index contributed by atoms with van der Waals surface area (Å²) in [7, 11) is 2.10. The fraction of sp³-hybridized carbons (Fsp3) is 0.467. The number of hydrogen-bond donors (Lipinski definition) is 1. The summed E-state index contributed by atoms with van der Waals surface area (Å²) >= 11 is 3.56. The fourth-order valence-electron chi connectivity index (χ4n) is 3.23. The first-order chi connectivity index (χ1) is 8.66. The van der Waals surface area contributed by atoms with E-state index in [1.54, 1.807) is 0 Å². The van der Waals surface area contributed by atoms with Crippen LogP contribution < -0.4 is 5.73 Å². The van der Waals surface area contributed by atoms with Crippen LogP contribution in [0.15, 0.2) is 28.9 Å². The first-order valence-corrected chi connectivity index (χ1v) is 7.46. The van der Waals surface area contributed by atoms with Gasteiger partial charge in [0.05, 0.1) is 0 Å². The maximum atomic E-state index is 6.50. The van der Waals surface area contributed by atoms with Crippen LogP contribution in [0.1, 0.15) is 37.3 Å². The average molecular weight is 307 g/mol. The molecule has 1 unspecified atom stereocenters. The molecule has 1 fully saturated rings. The number of aryl methyl sites for hydroxylation is 1. The summed E-state index contributed by atoms with van der Waals surface area (Å²) in [5.74, 6) is 0.662. The van der Waals surface area contributed by atoms with Gasteiger partial charge >= 0.3 is 0 Å². The Balaban J connectivity index is 2.07. The zero-order valence-electron chi connectivity index (χ0n) is 10.7. The first-order valence-electron chi connectivity index (χ1n) is 6.67. The van der Waals surface area contributed by atoms with Crippen molar-refractivity contribution in [3.63, 3.8) is 0 Å². The second-order valence-electron chi connectivity index (χ2n) is 5.43. The van der Waals surface area contributed by atoms with Crippen LogP contribution in [0.25, 0.3) is 10.9 Å². The molecule has 1 aromatic carbocycles. The summed E-state index contributed by atoms with van der Waals surface area (Å²) in [5.41, 5.74) is 9.07. The molecule has 3 rings (SSSR count). The van der Waals surface area contributed by atoms with E-state index in [2.05, 4.69) is 51.9 Å². The summed E-state index contributed by atoms with van der Waals surface area (Å²) in [6.45, 7) is 0. The minimum atomic E-state index is 0.186. The molecule has 96 valence electrons. The molecule has 0 saturated heterocycles. The van der Waals surface area contributed by atoms with Gasteiger partial charge in [-0.15, -0.1) is 0 Å². The maximum Gasteiger partial charge on any atom is 0.0481 e. The lowest BCUT2D eigenvalue weighted by atomic mass is 9.92. The van der Waals surface area contributed by atoms with Gasteiger partial charge in [0.1, 0.15) is 0 Å². The fourth-order valence-corrected chi connectivity index (χ4v) is 3.59. The maximum absolute atomic E-state index is 6.50. The van der Waals surface area contributed by atoms with E-state index >= 15 is 0 Å². The zero-order chi connectivity index (χ0) is 12.7. The van der Waals surface area contributed by atoms with E-state index in [0.29, 0.717) is 5.92 Å². The molecule has 2 nitrogen and oxygen atoms in total. The largest absolute Gasteiger partial charge is 0.350 e. The summed E-state index contributed by atoms with van der Waals surface area (Å²) in [6, 6.07) is 6.63. The van der Waals surface area contributed by atoms with Crippen molar-refractivity contribution >= 4 is 26.8 Å². The molecule has 1 aliphatic rings. The smallest absolute Gasteiger partial charge is 0.0481 e. The highest BCUT2D eigenvalue weighted by molar-refractivity contribution is 9.10. The van der Waals surface area contributed by atoms with E-state index in [4.69, 9.17) is 5.73 Å². The Kier molecular flexibility index (Phi) is 3.20. The van der Waals surface area contributed by atoms with Crippen LogP contribution in [0.3, 0.4) is 0 Å². The van der Waals surface area contributed by atoms with E-state index in [9.17, 15) is 0 Å². The molecule has 0 amide bonds. The van der Waals surface area contributed by atoms with Gasteiger partial charge < -0.3 is 10.3 Å². The van der Waals surface area contributed by atoms with Gasteiger partial charge in [-0.05, 0) is 42.5 Å². The van der Waals surface area contributed by atoms with Gasteiger partial charge in [-0.25, -0.2) is 0 Å². The number of aromatic nitrogens is 1. The Morgan fingerprint density at radius 3 is 2.78 bits per heavy atom. The van der Waals surface area contributed by atoms with Crippen LogP contribution in [0.4, 0.5) is 0 Å². The number of rotatable bonds is 2. The molecule has 0 spiro atoms. The Bertz CT molecular complexity index is 567. The molecule has 1 aliphatic carbocycles. The van der Waals surface area contributed by atoms with Gasteiger partial charge in [-0.3, -0.25) is 0 Å². The van der Waals surface area contributed by atoms with Crippen molar-refractivity contribution in [2.75, 3.05) is 0 Å². The van der Waals surface area contributed by atoms with Crippen LogP contribution in [0, 0.1) is 5.92 Å². The van der Waals surface area contributed by atoms with Crippen LogP contribution in [-0.4, -0.2) is 4.57 Å². The van der Waals surface area contributed by atoms with Gasteiger partial charge in [0, 0.05) is 34.7 Å². The lowest BCUT2D eigenvalue weighted by Gasteiger charge is -2.18. The molecule has 18 heavy (non-hydrogen) atoms. The molecule has 0 bridgehead atoms. The molecular weight excluding hydrogens is 288 g/mol. The van der Waals surface area contributed by atoms with Crippen LogP contribution in [-0.2, 0) is 7.05 Å². The summed E-state index contributed by atoms with van der Waals surface area (Å²) in [4.78, 5) is 0. The molecule has 3 heteroatoms. The highest BCUT2D eigenvalue weighted by Gasteiger charge is 2.25. The predicted molar refractivity (Wildman–Crippen MR) is 79.5 cm³/mol. The third kappa shape index (κ3) is 1.99. The zero-order valence-corrected chi connectivity index (χ0v) is 12.3. The number of halogens is 1. The van der Waals surface area contributed by atoms with Crippen molar-refractivity contribution in [2.24, 2.45) is 18.7 Å². The quantitative estimate of drug-likeness (QED) is 0.888. The predicted octanol–water partition coefficient (Wildman–Crippen LogP) is 4.13. The molecule has 2 N–H and O–H groups in total. The molecule has 0 aliphatic heterocycles. The van der Waals surface area contributed by atoms with Gasteiger partial charge in [0.2, 0.25) is 0 Å². The van der Waals surface area contributed by atoms with Crippen LogP contribution in [0.2, 0.25) is 0 Å². The molecule has 1 heterocycles. The third-order valence-electron chi connectivity index (χ3n) is 4.25. The standard InChI is InChI=1S/C15H19BrN2/c1-18-9-13(15(17)10-4-2-3-5-10)12-8-11(16)6-7-14(12)18/h6-10,15H,2-5,17H2,1H3. The number of nitrogens with two attached hydrogens (primary N) is 1. The number of benzene rings is 1. The van der Waals surface area contributed by atoms with Gasteiger partial charge in [-0.2, -0.15) is 0 Å². The van der Waals surface area contributed by atoms with Crippen LogP contribution in [0.5, 0.6) is 0 Å². The second kappa shape index (κ2) is 4.71.